The van der Waals surface area contributed by atoms with Gasteiger partial charge in [0, 0.05) is 40.8 Å². The largest absolute Gasteiger partial charge is 0.392 e. The minimum absolute atomic E-state index is 0.253. The number of thioether (sulfide) groups is 2. The monoisotopic (exact) mass is 255 g/mol. The predicted octanol–water partition coefficient (Wildman–Crippen LogP) is 2.22. The molecule has 1 N–H and O–H groups in total. The first-order chi connectivity index (χ1) is 7.77. The number of rotatable bonds is 3. The van der Waals surface area contributed by atoms with Crippen molar-refractivity contribution in [3.8, 4) is 0 Å². The van der Waals surface area contributed by atoms with E-state index < -0.39 is 0 Å². The van der Waals surface area contributed by atoms with Crippen LogP contribution in [-0.4, -0.2) is 38.2 Å². The van der Waals surface area contributed by atoms with Gasteiger partial charge in [-0.15, -0.1) is 0 Å². The van der Waals surface area contributed by atoms with Gasteiger partial charge in [0.25, 0.3) is 0 Å². The SMILES string of the molecule is CC1SCCSC1C(O)Cc1cccnc1. The van der Waals surface area contributed by atoms with Crippen molar-refractivity contribution in [2.75, 3.05) is 11.5 Å². The molecule has 1 fully saturated rings. The van der Waals surface area contributed by atoms with E-state index in [1.807, 2.05) is 41.9 Å². The van der Waals surface area contributed by atoms with Crippen molar-refractivity contribution in [2.45, 2.75) is 29.9 Å². The standard InChI is InChI=1S/C12H17NOS2/c1-9-12(16-6-5-15-9)11(14)7-10-3-2-4-13-8-10/h2-4,8-9,11-12,14H,5-7H2,1H3. The molecular weight excluding hydrogens is 238 g/mol. The summed E-state index contributed by atoms with van der Waals surface area (Å²) in [5, 5.41) is 11.1. The predicted molar refractivity (Wildman–Crippen MR) is 72.1 cm³/mol. The van der Waals surface area contributed by atoms with E-state index in [1.165, 1.54) is 5.75 Å². The van der Waals surface area contributed by atoms with Gasteiger partial charge in [0.2, 0.25) is 0 Å². The lowest BCUT2D eigenvalue weighted by atomic mass is 10.1. The van der Waals surface area contributed by atoms with E-state index in [9.17, 15) is 5.11 Å². The Hall–Kier alpha value is -0.190. The summed E-state index contributed by atoms with van der Waals surface area (Å²) in [6.45, 7) is 2.22. The molecule has 3 unspecified atom stereocenters. The van der Waals surface area contributed by atoms with Gasteiger partial charge >= 0.3 is 0 Å². The van der Waals surface area contributed by atoms with Crippen LogP contribution >= 0.6 is 23.5 Å². The molecule has 16 heavy (non-hydrogen) atoms. The lowest BCUT2D eigenvalue weighted by molar-refractivity contribution is 0.171. The van der Waals surface area contributed by atoms with Crippen LogP contribution in [0.15, 0.2) is 24.5 Å². The molecule has 0 amide bonds. The number of hydrogen-bond acceptors (Lipinski definition) is 4. The van der Waals surface area contributed by atoms with Crippen LogP contribution in [0.25, 0.3) is 0 Å². The molecule has 0 spiro atoms. The van der Waals surface area contributed by atoms with Crippen molar-refractivity contribution in [3.63, 3.8) is 0 Å². The highest BCUT2D eigenvalue weighted by Gasteiger charge is 2.29. The van der Waals surface area contributed by atoms with Crippen LogP contribution in [0, 0.1) is 0 Å². The molecule has 2 heterocycles. The molecule has 1 aliphatic heterocycles. The normalized spacial score (nSPS) is 27.6. The third-order valence-corrected chi connectivity index (χ3v) is 6.02. The first kappa shape index (κ1) is 12.3. The highest BCUT2D eigenvalue weighted by Crippen LogP contribution is 2.33. The Morgan fingerprint density at radius 3 is 3.00 bits per heavy atom. The average molecular weight is 255 g/mol. The van der Waals surface area contributed by atoms with E-state index in [-0.39, 0.29) is 6.10 Å². The molecule has 1 aliphatic rings. The van der Waals surface area contributed by atoms with Crippen LogP contribution in [0.3, 0.4) is 0 Å². The third kappa shape index (κ3) is 3.15. The van der Waals surface area contributed by atoms with Gasteiger partial charge in [-0.2, -0.15) is 23.5 Å². The van der Waals surface area contributed by atoms with Crippen molar-refractivity contribution >= 4 is 23.5 Å². The number of aliphatic hydroxyl groups excluding tert-OH is 1. The Morgan fingerprint density at radius 2 is 2.31 bits per heavy atom. The van der Waals surface area contributed by atoms with Crippen LogP contribution in [0.4, 0.5) is 0 Å². The molecule has 0 aliphatic carbocycles. The molecule has 2 nitrogen and oxygen atoms in total. The van der Waals surface area contributed by atoms with Gasteiger partial charge in [-0.3, -0.25) is 4.98 Å². The quantitative estimate of drug-likeness (QED) is 0.898. The lowest BCUT2D eigenvalue weighted by Crippen LogP contribution is -2.36. The maximum Gasteiger partial charge on any atom is 0.0710 e. The summed E-state index contributed by atoms with van der Waals surface area (Å²) < 4.78 is 0. The van der Waals surface area contributed by atoms with Crippen LogP contribution in [0.2, 0.25) is 0 Å². The Kier molecular flexibility index (Phi) is 4.55. The Morgan fingerprint density at radius 1 is 1.50 bits per heavy atom. The summed E-state index contributed by atoms with van der Waals surface area (Å²) in [4.78, 5) is 4.08. The summed E-state index contributed by atoms with van der Waals surface area (Å²) in [5.41, 5.74) is 1.12. The Bertz CT molecular complexity index is 320. The highest BCUT2D eigenvalue weighted by atomic mass is 32.2. The number of nitrogens with zero attached hydrogens (tertiary/aromatic N) is 1. The second-order valence-corrected chi connectivity index (χ2v) is 6.82. The molecule has 0 bridgehead atoms. The second-order valence-electron chi connectivity index (χ2n) is 4.04. The highest BCUT2D eigenvalue weighted by molar-refractivity contribution is 8.07. The first-order valence-corrected chi connectivity index (χ1v) is 7.67. The second kappa shape index (κ2) is 5.94. The third-order valence-electron chi connectivity index (χ3n) is 2.78. The van der Waals surface area contributed by atoms with Gasteiger partial charge in [-0.25, -0.2) is 0 Å². The van der Waals surface area contributed by atoms with Crippen molar-refractivity contribution in [1.82, 2.24) is 4.98 Å². The fraction of sp³-hybridized carbons (Fsp3) is 0.583. The summed E-state index contributed by atoms with van der Waals surface area (Å²) in [7, 11) is 0. The zero-order valence-electron chi connectivity index (χ0n) is 9.37. The maximum atomic E-state index is 10.2. The molecule has 0 aromatic carbocycles. The van der Waals surface area contributed by atoms with Gasteiger partial charge in [-0.1, -0.05) is 13.0 Å². The molecule has 3 atom stereocenters. The number of hydrogen-bond donors (Lipinski definition) is 1. The zero-order valence-corrected chi connectivity index (χ0v) is 11.0. The summed E-state index contributed by atoms with van der Waals surface area (Å²) in [6.07, 6.45) is 4.08. The minimum Gasteiger partial charge on any atom is -0.392 e. The molecule has 88 valence electrons. The summed E-state index contributed by atoms with van der Waals surface area (Å²) >= 11 is 3.88. The Balaban J connectivity index is 1.94. The van der Waals surface area contributed by atoms with Crippen LogP contribution in [-0.2, 0) is 6.42 Å². The van der Waals surface area contributed by atoms with Crippen LogP contribution < -0.4 is 0 Å². The number of aliphatic hydroxyl groups is 1. The summed E-state index contributed by atoms with van der Waals surface area (Å²) in [6, 6.07) is 3.95. The molecule has 0 radical (unpaired) electrons. The molecule has 4 heteroatoms. The van der Waals surface area contributed by atoms with E-state index in [4.69, 9.17) is 0 Å². The van der Waals surface area contributed by atoms with Gasteiger partial charge in [0.15, 0.2) is 0 Å². The molecular formula is C12H17NOS2. The molecule has 2 rings (SSSR count). The number of pyridine rings is 1. The van der Waals surface area contributed by atoms with Crippen LogP contribution in [0.5, 0.6) is 0 Å². The maximum absolute atomic E-state index is 10.2. The van der Waals surface area contributed by atoms with E-state index in [1.54, 1.807) is 6.20 Å². The smallest absolute Gasteiger partial charge is 0.0710 e. The van der Waals surface area contributed by atoms with Crippen molar-refractivity contribution < 1.29 is 5.11 Å². The van der Waals surface area contributed by atoms with E-state index in [2.05, 4.69) is 11.9 Å². The zero-order chi connectivity index (χ0) is 11.4. The van der Waals surface area contributed by atoms with Gasteiger partial charge < -0.3 is 5.11 Å². The van der Waals surface area contributed by atoms with Gasteiger partial charge in [-0.05, 0) is 11.6 Å². The fourth-order valence-corrected chi connectivity index (χ4v) is 4.79. The van der Waals surface area contributed by atoms with E-state index in [0.29, 0.717) is 10.5 Å². The van der Waals surface area contributed by atoms with Crippen molar-refractivity contribution in [2.24, 2.45) is 0 Å². The molecule has 0 saturated carbocycles. The fourth-order valence-electron chi connectivity index (χ4n) is 1.95. The van der Waals surface area contributed by atoms with Crippen molar-refractivity contribution in [1.29, 1.82) is 0 Å². The minimum atomic E-state index is -0.253. The molecule has 1 aromatic rings. The van der Waals surface area contributed by atoms with Crippen LogP contribution in [0.1, 0.15) is 12.5 Å². The van der Waals surface area contributed by atoms with E-state index in [0.717, 1.165) is 17.7 Å². The van der Waals surface area contributed by atoms with Gasteiger partial charge in [0.05, 0.1) is 6.10 Å². The van der Waals surface area contributed by atoms with Crippen molar-refractivity contribution in [3.05, 3.63) is 30.1 Å². The summed E-state index contributed by atoms with van der Waals surface area (Å²) in [5.74, 6) is 2.37. The lowest BCUT2D eigenvalue weighted by Gasteiger charge is -2.31. The molecule has 1 saturated heterocycles. The Labute approximate surface area is 105 Å². The first-order valence-electron chi connectivity index (χ1n) is 5.57. The average Bonchev–Trinajstić information content (AvgIpc) is 2.31. The van der Waals surface area contributed by atoms with E-state index >= 15 is 0 Å². The number of aromatic nitrogens is 1. The van der Waals surface area contributed by atoms with Gasteiger partial charge in [0.1, 0.15) is 0 Å². The molecule has 1 aromatic heterocycles. The topological polar surface area (TPSA) is 33.1 Å².